The van der Waals surface area contributed by atoms with Gasteiger partial charge in [0.25, 0.3) is 5.82 Å². The van der Waals surface area contributed by atoms with Gasteiger partial charge in [0.15, 0.2) is 5.69 Å². The van der Waals surface area contributed by atoms with Crippen molar-refractivity contribution in [2.24, 2.45) is 0 Å². The Morgan fingerprint density at radius 1 is 0.781 bits per heavy atom. The molecule has 5 rings (SSSR count). The lowest BCUT2D eigenvalue weighted by Gasteiger charge is -2.08. The summed E-state index contributed by atoms with van der Waals surface area (Å²) in [6, 6.07) is 28.1. The first-order valence-electron chi connectivity index (χ1n) is 11.4. The second-order valence-corrected chi connectivity index (χ2v) is 8.14. The van der Waals surface area contributed by atoms with Gasteiger partial charge in [-0.25, -0.2) is 4.57 Å². The summed E-state index contributed by atoms with van der Waals surface area (Å²) in [4.78, 5) is 0. The number of aromatic nitrogens is 2. The largest absolute Gasteiger partial charge is 0.494 e. The van der Waals surface area contributed by atoms with Crippen molar-refractivity contribution in [3.05, 3.63) is 90.9 Å². The van der Waals surface area contributed by atoms with Crippen LogP contribution in [0.4, 0.5) is 0 Å². The van der Waals surface area contributed by atoms with Crippen LogP contribution in [0.25, 0.3) is 28.1 Å². The summed E-state index contributed by atoms with van der Waals surface area (Å²) in [5.41, 5.74) is 6.19. The molecule has 0 aliphatic carbocycles. The Balaban J connectivity index is 0.00000245. The van der Waals surface area contributed by atoms with Gasteiger partial charge >= 0.3 is 0 Å². The van der Waals surface area contributed by atoms with E-state index >= 15 is 0 Å². The lowest BCUT2D eigenvalue weighted by molar-refractivity contribution is -0.702. The molecule has 2 heterocycles. The molecule has 0 atom stereocenters. The zero-order chi connectivity index (χ0) is 21.0. The predicted octanol–water partition coefficient (Wildman–Crippen LogP) is 6.80. The molecule has 0 bridgehead atoms. The zero-order valence-electron chi connectivity index (χ0n) is 18.5. The third-order valence-electron chi connectivity index (χ3n) is 6.10. The Morgan fingerprint density at radius 3 is 2.19 bits per heavy atom. The van der Waals surface area contributed by atoms with Crippen LogP contribution in [-0.2, 0) is 13.0 Å². The summed E-state index contributed by atoms with van der Waals surface area (Å²) in [6.07, 6.45) is 7.24. The van der Waals surface area contributed by atoms with E-state index in [0.29, 0.717) is 6.61 Å². The number of rotatable bonds is 5. The van der Waals surface area contributed by atoms with E-state index in [4.69, 9.17) is 4.74 Å². The Bertz CT molecular complexity index is 1150. The van der Waals surface area contributed by atoms with Crippen LogP contribution in [0.2, 0.25) is 0 Å². The van der Waals surface area contributed by atoms with E-state index in [2.05, 4.69) is 94.2 Å². The molecule has 0 fully saturated rings. The van der Waals surface area contributed by atoms with E-state index in [0.717, 1.165) is 18.7 Å². The van der Waals surface area contributed by atoms with Gasteiger partial charge < -0.3 is 4.74 Å². The van der Waals surface area contributed by atoms with Crippen LogP contribution in [0.1, 0.15) is 32.0 Å². The molecule has 3 aromatic carbocycles. The highest BCUT2D eigenvalue weighted by atomic mass is 79.9. The lowest BCUT2D eigenvalue weighted by Crippen LogP contribution is -2.35. The Morgan fingerprint density at radius 2 is 1.47 bits per heavy atom. The Kier molecular flexibility index (Phi) is 7.11. The first-order valence-corrected chi connectivity index (χ1v) is 11.4. The molecule has 32 heavy (non-hydrogen) atoms. The fourth-order valence-electron chi connectivity index (χ4n) is 4.55. The summed E-state index contributed by atoms with van der Waals surface area (Å²) >= 11 is 0. The van der Waals surface area contributed by atoms with Crippen LogP contribution in [0, 0.1) is 0 Å². The highest BCUT2D eigenvalue weighted by Gasteiger charge is 2.27. The monoisotopic (exact) mass is 489 g/mol. The number of nitrogens with zero attached hydrogens (tertiary/aromatic N) is 2. The maximum absolute atomic E-state index is 5.67. The number of hydrogen-bond acceptors (Lipinski definition) is 1. The molecule has 164 valence electrons. The van der Waals surface area contributed by atoms with Gasteiger partial charge in [-0.1, -0.05) is 42.5 Å². The maximum atomic E-state index is 5.67. The summed E-state index contributed by atoms with van der Waals surface area (Å²) < 4.78 is 10.6. The molecule has 0 radical (unpaired) electrons. The lowest BCUT2D eigenvalue weighted by atomic mass is 10.0. The molecule has 0 N–H and O–H groups in total. The highest BCUT2D eigenvalue weighted by molar-refractivity contribution is 8.93. The van der Waals surface area contributed by atoms with Crippen molar-refractivity contribution in [2.45, 2.75) is 39.2 Å². The van der Waals surface area contributed by atoms with Gasteiger partial charge in [-0.2, -0.15) is 4.57 Å². The first-order chi connectivity index (χ1) is 15.3. The minimum atomic E-state index is 0. The fourth-order valence-corrected chi connectivity index (χ4v) is 4.55. The number of benzene rings is 3. The molecule has 0 spiro atoms. The molecule has 0 amide bonds. The standard InChI is InChI=1S/C28H29N2O.BrH/c1-2-31-26-18-16-25(17-19-26)30-27(21-29-20-8-4-7-11-28(29)30)24-14-12-23(13-15-24)22-9-5-3-6-10-22;/h3,5-6,9-10,12-19,21H,2,4,7-8,11,20H2,1H3;1H/q+1;. The molecule has 0 unspecified atom stereocenters. The third-order valence-corrected chi connectivity index (χ3v) is 6.10. The number of aryl methyl sites for hydroxylation is 1. The van der Waals surface area contributed by atoms with Crippen LogP contribution in [0.15, 0.2) is 85.1 Å². The van der Waals surface area contributed by atoms with Gasteiger partial charge in [0.2, 0.25) is 0 Å². The molecular formula is C28H30BrN2O+. The van der Waals surface area contributed by atoms with Gasteiger partial charge in [0, 0.05) is 12.0 Å². The van der Waals surface area contributed by atoms with Gasteiger partial charge in [-0.3, -0.25) is 0 Å². The van der Waals surface area contributed by atoms with Crippen LogP contribution in [0.3, 0.4) is 0 Å². The Labute approximate surface area is 201 Å². The molecule has 3 nitrogen and oxygen atoms in total. The SMILES string of the molecule is Br.CCOc1ccc(-n2c(-c3ccc(-c4ccccc4)cc3)c[n+]3c2CCCCC3)cc1. The van der Waals surface area contributed by atoms with E-state index in [1.165, 1.54) is 53.2 Å². The number of halogens is 1. The van der Waals surface area contributed by atoms with Crippen molar-refractivity contribution < 1.29 is 9.30 Å². The van der Waals surface area contributed by atoms with Crippen LogP contribution < -0.4 is 9.30 Å². The predicted molar refractivity (Wildman–Crippen MR) is 136 cm³/mol. The number of ether oxygens (including phenoxy) is 1. The number of hydrogen-bond donors (Lipinski definition) is 0. The van der Waals surface area contributed by atoms with Crippen molar-refractivity contribution in [3.8, 4) is 33.8 Å². The summed E-state index contributed by atoms with van der Waals surface area (Å²) in [5.74, 6) is 2.31. The molecule has 1 aromatic heterocycles. The molecule has 0 saturated carbocycles. The Hall–Kier alpha value is -2.85. The van der Waals surface area contributed by atoms with E-state index in [1.54, 1.807) is 0 Å². The topological polar surface area (TPSA) is 18.0 Å². The molecule has 1 aliphatic rings. The second kappa shape index (κ2) is 10.2. The molecule has 1 aliphatic heterocycles. The smallest absolute Gasteiger partial charge is 0.262 e. The first kappa shape index (κ1) is 22.3. The highest BCUT2D eigenvalue weighted by Crippen LogP contribution is 2.29. The van der Waals surface area contributed by atoms with Crippen molar-refractivity contribution in [1.82, 2.24) is 4.57 Å². The van der Waals surface area contributed by atoms with Crippen LogP contribution >= 0.6 is 17.0 Å². The molecule has 4 aromatic rings. The van der Waals surface area contributed by atoms with Gasteiger partial charge in [-0.05, 0) is 73.7 Å². The third kappa shape index (κ3) is 4.51. The van der Waals surface area contributed by atoms with Gasteiger partial charge in [0.05, 0.1) is 13.2 Å². The quantitative estimate of drug-likeness (QED) is 0.281. The normalized spacial score (nSPS) is 13.0. The maximum Gasteiger partial charge on any atom is 0.262 e. The second-order valence-electron chi connectivity index (χ2n) is 8.14. The molecule has 0 saturated heterocycles. The zero-order valence-corrected chi connectivity index (χ0v) is 20.2. The van der Waals surface area contributed by atoms with Crippen LogP contribution in [0.5, 0.6) is 5.75 Å². The summed E-state index contributed by atoms with van der Waals surface area (Å²) in [7, 11) is 0. The van der Waals surface area contributed by atoms with Crippen LogP contribution in [-0.4, -0.2) is 11.2 Å². The minimum Gasteiger partial charge on any atom is -0.494 e. The van der Waals surface area contributed by atoms with E-state index in [-0.39, 0.29) is 17.0 Å². The number of fused-ring (bicyclic) bond motifs is 1. The summed E-state index contributed by atoms with van der Waals surface area (Å²) in [5, 5.41) is 0. The van der Waals surface area contributed by atoms with Crippen molar-refractivity contribution >= 4 is 17.0 Å². The average Bonchev–Trinajstić information content (AvgIpc) is 3.03. The minimum absolute atomic E-state index is 0. The average molecular weight is 490 g/mol. The van der Waals surface area contributed by atoms with Crippen molar-refractivity contribution in [3.63, 3.8) is 0 Å². The van der Waals surface area contributed by atoms with Gasteiger partial charge in [-0.15, -0.1) is 17.0 Å². The van der Waals surface area contributed by atoms with E-state index in [1.807, 2.05) is 6.92 Å². The fraction of sp³-hybridized carbons (Fsp3) is 0.250. The molecule has 4 heteroatoms. The van der Waals surface area contributed by atoms with Crippen molar-refractivity contribution in [2.75, 3.05) is 6.61 Å². The summed E-state index contributed by atoms with van der Waals surface area (Å²) in [6.45, 7) is 3.80. The van der Waals surface area contributed by atoms with Crippen molar-refractivity contribution in [1.29, 1.82) is 0 Å². The van der Waals surface area contributed by atoms with E-state index < -0.39 is 0 Å². The number of imidazole rings is 1. The van der Waals surface area contributed by atoms with Gasteiger partial charge in [0.1, 0.15) is 17.6 Å². The molecular weight excluding hydrogens is 460 g/mol. The van der Waals surface area contributed by atoms with E-state index in [9.17, 15) is 0 Å².